The summed E-state index contributed by atoms with van der Waals surface area (Å²) in [7, 11) is 1.50. The first-order valence-corrected chi connectivity index (χ1v) is 18.6. The predicted octanol–water partition coefficient (Wildman–Crippen LogP) is 6.39. The Hall–Kier alpha value is -2.75. The van der Waals surface area contributed by atoms with Gasteiger partial charge in [0.15, 0.2) is 11.7 Å². The molecule has 0 aromatic carbocycles. The first-order chi connectivity index (χ1) is 22.7. The van der Waals surface area contributed by atoms with Crippen LogP contribution in [0.25, 0.3) is 0 Å². The molecule has 49 heavy (non-hydrogen) atoms. The molecule has 0 aromatic rings. The van der Waals surface area contributed by atoms with Gasteiger partial charge < -0.3 is 27.0 Å². The Bertz CT molecular complexity index is 1360. The number of nitrogens with zero attached hydrogens (tertiary/aromatic N) is 1. The number of aliphatic carboxylic acids is 1. The van der Waals surface area contributed by atoms with Crippen LogP contribution in [0, 0.1) is 56.7 Å². The Kier molecular flexibility index (Phi) is 12.0. The van der Waals surface area contributed by atoms with E-state index in [0.717, 1.165) is 56.1 Å². The second-order valence-corrected chi connectivity index (χ2v) is 17.2. The molecular formula is C39H66N4O6. The van der Waals surface area contributed by atoms with Gasteiger partial charge in [-0.1, -0.05) is 55.4 Å². The molecule has 0 radical (unpaired) electrons. The van der Waals surface area contributed by atoms with E-state index >= 15 is 0 Å². The molecule has 4 fully saturated rings. The molecule has 10 heteroatoms. The van der Waals surface area contributed by atoms with Crippen LogP contribution in [0.1, 0.15) is 133 Å². The average molecular weight is 687 g/mol. The molecule has 5 unspecified atom stereocenters. The number of amides is 1. The number of aliphatic imine (C=N–C) groups is 1. The number of nitrogens with two attached hydrogens (primary N) is 3. The monoisotopic (exact) mass is 686 g/mol. The number of fused-ring (bicyclic) bond motifs is 7. The Balaban J connectivity index is 0.00000157. The number of allylic oxidation sites excluding steroid dienone is 1. The predicted molar refractivity (Wildman–Crippen MR) is 193 cm³/mol. The number of carboxylic acids is 1. The summed E-state index contributed by atoms with van der Waals surface area (Å²) in [6.45, 7) is 20.6. The third-order valence-corrected chi connectivity index (χ3v) is 13.6. The van der Waals surface area contributed by atoms with E-state index in [9.17, 15) is 24.3 Å². The minimum absolute atomic E-state index is 0.0266. The molecule has 0 bridgehead atoms. The van der Waals surface area contributed by atoms with Gasteiger partial charge in [-0.15, -0.1) is 0 Å². The van der Waals surface area contributed by atoms with E-state index in [0.29, 0.717) is 24.2 Å². The van der Waals surface area contributed by atoms with Crippen molar-refractivity contribution < 1.29 is 29.0 Å². The molecule has 0 aromatic heterocycles. The molecule has 8 atom stereocenters. The summed E-state index contributed by atoms with van der Waals surface area (Å²) in [6, 6.07) is 0. The minimum atomic E-state index is -1.17. The summed E-state index contributed by atoms with van der Waals surface area (Å²) in [5.74, 6) is -0.616. The van der Waals surface area contributed by atoms with Crippen molar-refractivity contribution >= 4 is 29.6 Å². The number of rotatable bonds is 6. The van der Waals surface area contributed by atoms with Crippen molar-refractivity contribution in [1.82, 2.24) is 0 Å². The van der Waals surface area contributed by atoms with Crippen molar-refractivity contribution in [2.24, 2.45) is 78.9 Å². The number of ether oxygens (including phenoxy) is 1. The van der Waals surface area contributed by atoms with Crippen molar-refractivity contribution in [2.45, 2.75) is 140 Å². The van der Waals surface area contributed by atoms with Crippen molar-refractivity contribution in [1.29, 1.82) is 0 Å². The topological polar surface area (TPSA) is 188 Å². The molecule has 0 aliphatic heterocycles. The van der Waals surface area contributed by atoms with E-state index in [2.05, 4.69) is 52.3 Å². The van der Waals surface area contributed by atoms with E-state index in [1.54, 1.807) is 13.8 Å². The fraction of sp³-hybridized carbons (Fsp3) is 0.821. The van der Waals surface area contributed by atoms with Crippen LogP contribution in [0.2, 0.25) is 0 Å². The molecule has 5 aliphatic rings. The Labute approximate surface area is 294 Å². The number of esters is 1. The van der Waals surface area contributed by atoms with Crippen molar-refractivity contribution in [3.8, 4) is 0 Å². The first kappa shape index (κ1) is 40.7. The van der Waals surface area contributed by atoms with E-state index in [4.69, 9.17) is 16.2 Å². The number of carboxylic acid groups (broad SMARTS) is 1. The van der Waals surface area contributed by atoms with E-state index in [1.165, 1.54) is 7.05 Å². The summed E-state index contributed by atoms with van der Waals surface area (Å²) in [5.41, 5.74) is 15.5. The molecular weight excluding hydrogens is 620 g/mol. The highest BCUT2D eigenvalue weighted by molar-refractivity contribution is 6.08. The second kappa shape index (κ2) is 14.5. The normalized spacial score (nSPS) is 35.9. The molecule has 0 spiro atoms. The fourth-order valence-electron chi connectivity index (χ4n) is 11.6. The standard InChI is InChI=1S/C36H55N3O6.C2H6.CH5N/c1-19(2)27-22(40)17-36(29(42)39-31(37)38)16-11-21-20(28(27)36)9-10-24-34(21,7)14-12-23-33(5,6)25(13-15-35(23,24)8)45-26(41)18-32(3,4)30(43)44;2*1-2/h19-21,23-25H,9-18H2,1-8H3,(H,43,44)(H4,37,38,39,42);1-2H3;2H2,1H3/t20?,21?,23?,24?,25-,34-,35-,36?;;/m0../s1. The van der Waals surface area contributed by atoms with Crippen LogP contribution in [-0.4, -0.2) is 47.8 Å². The summed E-state index contributed by atoms with van der Waals surface area (Å²) in [6.07, 6.45) is 6.96. The number of hydrogen-bond donors (Lipinski definition) is 4. The molecule has 7 N–H and O–H groups in total. The molecule has 5 rings (SSSR count). The summed E-state index contributed by atoms with van der Waals surface area (Å²) in [4.78, 5) is 55.9. The maximum Gasteiger partial charge on any atom is 0.309 e. The quantitative estimate of drug-likeness (QED) is 0.139. The average Bonchev–Trinajstić information content (AvgIpc) is 3.33. The highest BCUT2D eigenvalue weighted by Crippen LogP contribution is 2.73. The van der Waals surface area contributed by atoms with Crippen LogP contribution < -0.4 is 17.2 Å². The van der Waals surface area contributed by atoms with Crippen LogP contribution in [0.4, 0.5) is 0 Å². The van der Waals surface area contributed by atoms with E-state index < -0.39 is 22.8 Å². The number of hydrogen-bond acceptors (Lipinski definition) is 6. The summed E-state index contributed by atoms with van der Waals surface area (Å²) < 4.78 is 6.09. The smallest absolute Gasteiger partial charge is 0.309 e. The number of carbonyl (C=O) groups excluding carboxylic acids is 3. The Morgan fingerprint density at radius 3 is 2.06 bits per heavy atom. The van der Waals surface area contributed by atoms with Gasteiger partial charge >= 0.3 is 11.9 Å². The number of guanidine groups is 1. The molecule has 4 saturated carbocycles. The zero-order chi connectivity index (χ0) is 37.5. The van der Waals surface area contributed by atoms with Gasteiger partial charge in [0.2, 0.25) is 0 Å². The maximum absolute atomic E-state index is 13.7. The summed E-state index contributed by atoms with van der Waals surface area (Å²) >= 11 is 0. The zero-order valence-electron chi connectivity index (χ0n) is 32.2. The van der Waals surface area contributed by atoms with Crippen LogP contribution in [0.15, 0.2) is 16.1 Å². The lowest BCUT2D eigenvalue weighted by atomic mass is 9.36. The molecule has 0 heterocycles. The van der Waals surface area contributed by atoms with Crippen molar-refractivity contribution in [3.05, 3.63) is 11.1 Å². The number of ketones is 1. The van der Waals surface area contributed by atoms with Crippen LogP contribution in [0.3, 0.4) is 0 Å². The first-order valence-electron chi connectivity index (χ1n) is 18.6. The fourth-order valence-corrected chi connectivity index (χ4v) is 11.6. The maximum atomic E-state index is 13.7. The third-order valence-electron chi connectivity index (χ3n) is 13.6. The van der Waals surface area contributed by atoms with Crippen LogP contribution >= 0.6 is 0 Å². The second-order valence-electron chi connectivity index (χ2n) is 17.2. The number of Topliss-reactive ketones (excluding diaryl/α,β-unsaturated/α-hetero) is 1. The van der Waals surface area contributed by atoms with Gasteiger partial charge in [-0.2, -0.15) is 4.99 Å². The lowest BCUT2D eigenvalue weighted by molar-refractivity contribution is -0.213. The molecule has 10 nitrogen and oxygen atoms in total. The van der Waals surface area contributed by atoms with Gasteiger partial charge in [0.05, 0.1) is 17.3 Å². The van der Waals surface area contributed by atoms with Gasteiger partial charge in [0, 0.05) is 11.8 Å². The highest BCUT2D eigenvalue weighted by Gasteiger charge is 2.67. The lowest BCUT2D eigenvalue weighted by Crippen LogP contribution is -2.63. The third kappa shape index (κ3) is 6.72. The highest BCUT2D eigenvalue weighted by atomic mass is 16.5. The van der Waals surface area contributed by atoms with E-state index in [-0.39, 0.29) is 64.7 Å². The van der Waals surface area contributed by atoms with Gasteiger partial charge in [0.1, 0.15) is 6.10 Å². The van der Waals surface area contributed by atoms with Crippen LogP contribution in [-0.2, 0) is 23.9 Å². The van der Waals surface area contributed by atoms with Gasteiger partial charge in [-0.3, -0.25) is 19.2 Å². The number of carbonyl (C=O) groups is 4. The van der Waals surface area contributed by atoms with Gasteiger partial charge in [-0.25, -0.2) is 0 Å². The largest absolute Gasteiger partial charge is 0.481 e. The molecule has 1 amide bonds. The summed E-state index contributed by atoms with van der Waals surface area (Å²) in [5, 5.41) is 9.52. The van der Waals surface area contributed by atoms with Crippen LogP contribution in [0.5, 0.6) is 0 Å². The van der Waals surface area contributed by atoms with E-state index in [1.807, 2.05) is 13.8 Å². The Morgan fingerprint density at radius 1 is 0.918 bits per heavy atom. The Morgan fingerprint density at radius 2 is 1.51 bits per heavy atom. The zero-order valence-corrected chi connectivity index (χ0v) is 32.2. The SMILES string of the molecule is CC.CC(C)C1=C2C3CCC4[C@@](C)(CCC5C(C)(C)[C@@H](OC(=O)CC(C)(C)C(=O)O)CC[C@@]54C)C3CCC2(C(=O)N=C(N)N)CC1=O.CN. The van der Waals surface area contributed by atoms with Gasteiger partial charge in [0.25, 0.3) is 5.91 Å². The lowest BCUT2D eigenvalue weighted by Gasteiger charge is -2.68. The molecule has 5 aliphatic carbocycles. The van der Waals surface area contributed by atoms with Crippen molar-refractivity contribution in [3.63, 3.8) is 0 Å². The van der Waals surface area contributed by atoms with Crippen molar-refractivity contribution in [2.75, 3.05) is 7.05 Å². The molecule has 278 valence electrons. The van der Waals surface area contributed by atoms with Gasteiger partial charge in [-0.05, 0) is 124 Å². The minimum Gasteiger partial charge on any atom is -0.481 e. The molecule has 0 saturated heterocycles.